The molecule has 1 heterocycles. The van der Waals surface area contributed by atoms with E-state index in [4.69, 9.17) is 9.15 Å². The van der Waals surface area contributed by atoms with Crippen molar-refractivity contribution >= 4 is 33.9 Å². The second-order valence-electron chi connectivity index (χ2n) is 6.30. The average molecular weight is 454 g/mol. The fourth-order valence-electron chi connectivity index (χ4n) is 2.68. The highest BCUT2D eigenvalue weighted by atomic mass is 79.9. The minimum atomic E-state index is -0.606. The molecule has 0 aliphatic rings. The van der Waals surface area contributed by atoms with Crippen molar-refractivity contribution in [2.75, 3.05) is 6.61 Å². The summed E-state index contributed by atoms with van der Waals surface area (Å²) in [6, 6.07) is 22.8. The maximum Gasteiger partial charge on any atom is 0.331 e. The summed E-state index contributed by atoms with van der Waals surface area (Å²) in [5.74, 6) is -0.361. The highest BCUT2D eigenvalue weighted by Gasteiger charge is 2.16. The number of carbonyl (C=O) groups is 2. The van der Waals surface area contributed by atoms with Crippen LogP contribution < -0.4 is 0 Å². The van der Waals surface area contributed by atoms with E-state index in [1.54, 1.807) is 17.0 Å². The zero-order valence-corrected chi connectivity index (χ0v) is 17.2. The first-order valence-corrected chi connectivity index (χ1v) is 9.85. The van der Waals surface area contributed by atoms with Gasteiger partial charge in [0.25, 0.3) is 5.91 Å². The van der Waals surface area contributed by atoms with Gasteiger partial charge in [0.15, 0.2) is 11.3 Å². The van der Waals surface area contributed by atoms with Gasteiger partial charge in [-0.25, -0.2) is 4.79 Å². The molecule has 0 aliphatic carbocycles. The summed E-state index contributed by atoms with van der Waals surface area (Å²) in [6.07, 6.45) is 2.72. The molecule has 6 heteroatoms. The van der Waals surface area contributed by atoms with E-state index in [2.05, 4.69) is 15.9 Å². The second kappa shape index (κ2) is 10.4. The molecule has 0 unspecified atom stereocenters. The van der Waals surface area contributed by atoms with E-state index in [9.17, 15) is 9.59 Å². The molecule has 3 rings (SSSR count). The summed E-state index contributed by atoms with van der Waals surface area (Å²) in [5.41, 5.74) is 2.01. The smallest absolute Gasteiger partial charge is 0.331 e. The normalized spacial score (nSPS) is 10.8. The number of furan rings is 1. The predicted molar refractivity (Wildman–Crippen MR) is 114 cm³/mol. The fraction of sp³-hybridized carbons (Fsp3) is 0.130. The Hall–Kier alpha value is -3.12. The molecule has 0 radical (unpaired) electrons. The van der Waals surface area contributed by atoms with Crippen LogP contribution in [-0.2, 0) is 27.4 Å². The fourth-order valence-corrected chi connectivity index (χ4v) is 3.00. The van der Waals surface area contributed by atoms with Crippen molar-refractivity contribution in [2.45, 2.75) is 13.1 Å². The number of ether oxygens (including phenoxy) is 1. The van der Waals surface area contributed by atoms with Gasteiger partial charge in [0.2, 0.25) is 0 Å². The summed E-state index contributed by atoms with van der Waals surface area (Å²) in [6.45, 7) is 0.537. The first-order valence-electron chi connectivity index (χ1n) is 9.06. The maximum absolute atomic E-state index is 12.7. The lowest BCUT2D eigenvalue weighted by molar-refractivity contribution is -0.148. The van der Waals surface area contributed by atoms with Gasteiger partial charge in [-0.15, -0.1) is 0 Å². The van der Waals surface area contributed by atoms with E-state index in [1.165, 1.54) is 12.2 Å². The molecule has 2 aromatic carbocycles. The molecule has 29 heavy (non-hydrogen) atoms. The Balaban J connectivity index is 1.60. The number of halogens is 1. The number of nitrogens with zero attached hydrogens (tertiary/aromatic N) is 1. The monoisotopic (exact) mass is 453 g/mol. The number of benzene rings is 2. The minimum absolute atomic E-state index is 0.264. The van der Waals surface area contributed by atoms with Crippen molar-refractivity contribution in [2.24, 2.45) is 0 Å². The van der Waals surface area contributed by atoms with Crippen LogP contribution in [0, 0.1) is 0 Å². The zero-order chi connectivity index (χ0) is 20.5. The van der Waals surface area contributed by atoms with Gasteiger partial charge in [-0.2, -0.15) is 0 Å². The molecule has 5 nitrogen and oxygen atoms in total. The van der Waals surface area contributed by atoms with Crippen molar-refractivity contribution in [3.8, 4) is 0 Å². The molecule has 3 aromatic rings. The predicted octanol–water partition coefficient (Wildman–Crippen LogP) is 4.83. The lowest BCUT2D eigenvalue weighted by atomic mass is 10.1. The molecule has 0 atom stereocenters. The van der Waals surface area contributed by atoms with E-state index in [0.717, 1.165) is 11.1 Å². The first kappa shape index (κ1) is 20.6. The van der Waals surface area contributed by atoms with Crippen LogP contribution in [0.15, 0.2) is 88.0 Å². The molecule has 0 bridgehead atoms. The SMILES string of the molecule is O=C(/C=C/c1ccc(Br)o1)OCC(=O)N(Cc1ccccc1)Cc1ccccc1. The van der Waals surface area contributed by atoms with E-state index >= 15 is 0 Å². The van der Waals surface area contributed by atoms with Gasteiger partial charge in [-0.05, 0) is 45.3 Å². The van der Waals surface area contributed by atoms with Crippen LogP contribution >= 0.6 is 15.9 Å². The highest BCUT2D eigenvalue weighted by molar-refractivity contribution is 9.10. The van der Waals surface area contributed by atoms with E-state index < -0.39 is 5.97 Å². The number of hydrogen-bond donors (Lipinski definition) is 0. The first-order chi connectivity index (χ1) is 14.1. The number of esters is 1. The summed E-state index contributed by atoms with van der Waals surface area (Å²) in [4.78, 5) is 26.3. The minimum Gasteiger partial charge on any atom is -0.452 e. The standard InChI is InChI=1S/C23H20BrNO4/c24-21-13-11-20(29-21)12-14-23(27)28-17-22(26)25(15-18-7-3-1-4-8-18)16-19-9-5-2-6-10-19/h1-14H,15-17H2/b14-12+. The Bertz CT molecular complexity index is 925. The number of rotatable bonds is 8. The Morgan fingerprint density at radius 2 is 1.48 bits per heavy atom. The van der Waals surface area contributed by atoms with Crippen LogP contribution in [0.4, 0.5) is 0 Å². The van der Waals surface area contributed by atoms with Crippen LogP contribution in [0.5, 0.6) is 0 Å². The molecular weight excluding hydrogens is 434 g/mol. The molecule has 148 valence electrons. The number of amides is 1. The van der Waals surface area contributed by atoms with Crippen molar-refractivity contribution in [1.82, 2.24) is 4.90 Å². The topological polar surface area (TPSA) is 59.8 Å². The average Bonchev–Trinajstić information content (AvgIpc) is 3.16. The summed E-state index contributed by atoms with van der Waals surface area (Å²) < 4.78 is 11.0. The molecule has 0 N–H and O–H groups in total. The molecular formula is C23H20BrNO4. The van der Waals surface area contributed by atoms with E-state index in [1.807, 2.05) is 60.7 Å². The van der Waals surface area contributed by atoms with Gasteiger partial charge < -0.3 is 14.1 Å². The van der Waals surface area contributed by atoms with Crippen molar-refractivity contribution in [3.05, 3.63) is 100 Å². The molecule has 0 spiro atoms. The van der Waals surface area contributed by atoms with Crippen LogP contribution in [-0.4, -0.2) is 23.4 Å². The molecule has 0 saturated heterocycles. The molecule has 0 fully saturated rings. The van der Waals surface area contributed by atoms with Gasteiger partial charge in [-0.1, -0.05) is 60.7 Å². The zero-order valence-electron chi connectivity index (χ0n) is 15.7. The van der Waals surface area contributed by atoms with Gasteiger partial charge in [0, 0.05) is 19.2 Å². The Kier molecular flexibility index (Phi) is 7.41. The molecule has 1 aromatic heterocycles. The van der Waals surface area contributed by atoms with Crippen molar-refractivity contribution < 1.29 is 18.7 Å². The van der Waals surface area contributed by atoms with E-state index in [-0.39, 0.29) is 12.5 Å². The number of carbonyl (C=O) groups excluding carboxylic acids is 2. The summed E-state index contributed by atoms with van der Waals surface area (Å²) >= 11 is 3.19. The molecule has 0 saturated carbocycles. The van der Waals surface area contributed by atoms with Gasteiger partial charge in [0.1, 0.15) is 5.76 Å². The summed E-state index contributed by atoms with van der Waals surface area (Å²) in [5, 5.41) is 0. The largest absolute Gasteiger partial charge is 0.452 e. The van der Waals surface area contributed by atoms with Gasteiger partial charge >= 0.3 is 5.97 Å². The van der Waals surface area contributed by atoms with Crippen molar-refractivity contribution in [3.63, 3.8) is 0 Å². The third-order valence-electron chi connectivity index (χ3n) is 4.10. The van der Waals surface area contributed by atoms with Crippen LogP contribution in [0.25, 0.3) is 6.08 Å². The Morgan fingerprint density at radius 3 is 2.00 bits per heavy atom. The highest BCUT2D eigenvalue weighted by Crippen LogP contribution is 2.15. The van der Waals surface area contributed by atoms with Crippen LogP contribution in [0.1, 0.15) is 16.9 Å². The number of hydrogen-bond acceptors (Lipinski definition) is 4. The lowest BCUT2D eigenvalue weighted by Gasteiger charge is -2.23. The third-order valence-corrected chi connectivity index (χ3v) is 4.53. The maximum atomic E-state index is 12.7. The molecule has 1 amide bonds. The van der Waals surface area contributed by atoms with E-state index in [0.29, 0.717) is 23.5 Å². The Labute approximate surface area is 177 Å². The molecule has 0 aliphatic heterocycles. The van der Waals surface area contributed by atoms with Gasteiger partial charge in [0.05, 0.1) is 0 Å². The van der Waals surface area contributed by atoms with Gasteiger partial charge in [-0.3, -0.25) is 4.79 Å². The van der Waals surface area contributed by atoms with Crippen LogP contribution in [0.3, 0.4) is 0 Å². The van der Waals surface area contributed by atoms with Crippen LogP contribution in [0.2, 0.25) is 0 Å². The van der Waals surface area contributed by atoms with Crippen molar-refractivity contribution in [1.29, 1.82) is 0 Å². The summed E-state index contributed by atoms with van der Waals surface area (Å²) in [7, 11) is 0. The lowest BCUT2D eigenvalue weighted by Crippen LogP contribution is -2.33. The second-order valence-corrected chi connectivity index (χ2v) is 7.09. The quantitative estimate of drug-likeness (QED) is 0.362. The Morgan fingerprint density at radius 1 is 0.897 bits per heavy atom. The third kappa shape index (κ3) is 6.76.